The van der Waals surface area contributed by atoms with Crippen LogP contribution >= 0.6 is 0 Å². The van der Waals surface area contributed by atoms with E-state index >= 15 is 0 Å². The van der Waals surface area contributed by atoms with Crippen LogP contribution in [0.25, 0.3) is 5.69 Å². The number of methoxy groups -OCH3 is 1. The van der Waals surface area contributed by atoms with Crippen LogP contribution < -0.4 is 10.1 Å². The van der Waals surface area contributed by atoms with Gasteiger partial charge in [0.2, 0.25) is 0 Å². The Bertz CT molecular complexity index is 884. The lowest BCUT2D eigenvalue weighted by atomic mass is 10.2. The smallest absolute Gasteiger partial charge is 0.278 e. The lowest BCUT2D eigenvalue weighted by Gasteiger charge is -2.08. The fraction of sp³-hybridized carbons (Fsp3) is 0.211. The second-order valence-corrected chi connectivity index (χ2v) is 6.03. The van der Waals surface area contributed by atoms with E-state index in [2.05, 4.69) is 15.6 Å². The fourth-order valence-corrected chi connectivity index (χ4v) is 2.80. The van der Waals surface area contributed by atoms with Gasteiger partial charge in [-0.25, -0.2) is 4.68 Å². The minimum atomic E-state index is -0.229. The lowest BCUT2D eigenvalue weighted by molar-refractivity contribution is 0.102. The second-order valence-electron chi connectivity index (χ2n) is 6.03. The van der Waals surface area contributed by atoms with Crippen LogP contribution in [-0.2, 0) is 0 Å². The molecule has 4 rings (SSSR count). The molecule has 0 saturated heterocycles. The van der Waals surface area contributed by atoms with Crippen LogP contribution in [0.15, 0.2) is 54.6 Å². The van der Waals surface area contributed by atoms with Gasteiger partial charge in [-0.3, -0.25) is 4.79 Å². The largest absolute Gasteiger partial charge is 0.497 e. The molecule has 1 aliphatic carbocycles. The van der Waals surface area contributed by atoms with Gasteiger partial charge in [0, 0.05) is 11.6 Å². The highest BCUT2D eigenvalue weighted by Crippen LogP contribution is 2.42. The quantitative estimate of drug-likeness (QED) is 0.776. The maximum absolute atomic E-state index is 12.7. The molecule has 1 N–H and O–H groups in total. The molecule has 1 aliphatic rings. The molecule has 0 radical (unpaired) electrons. The van der Waals surface area contributed by atoms with Gasteiger partial charge in [-0.05, 0) is 49.2 Å². The summed E-state index contributed by atoms with van der Waals surface area (Å²) in [4.78, 5) is 12.7. The Kier molecular flexibility index (Phi) is 3.93. The van der Waals surface area contributed by atoms with Crippen molar-refractivity contribution in [3.05, 3.63) is 66.0 Å². The molecule has 0 spiro atoms. The number of benzene rings is 2. The minimum absolute atomic E-state index is 0.229. The van der Waals surface area contributed by atoms with Gasteiger partial charge in [0.05, 0.1) is 18.5 Å². The van der Waals surface area contributed by atoms with Crippen LogP contribution in [0.1, 0.15) is 34.9 Å². The number of nitrogens with one attached hydrogen (secondary N) is 1. The van der Waals surface area contributed by atoms with Gasteiger partial charge in [0.25, 0.3) is 5.91 Å². The van der Waals surface area contributed by atoms with Crippen molar-refractivity contribution in [2.75, 3.05) is 12.4 Å². The standard InChI is InChI=1S/C19H18N4O2/c1-25-16-11-9-15(10-12-16)23-18(13-7-8-13)17(21-22-23)19(24)20-14-5-3-2-4-6-14/h2-6,9-13H,7-8H2,1H3,(H,20,24). The Labute approximate surface area is 145 Å². The molecule has 1 saturated carbocycles. The molecule has 0 unspecified atom stereocenters. The average Bonchev–Trinajstić information content (AvgIpc) is 3.40. The zero-order valence-corrected chi connectivity index (χ0v) is 13.8. The van der Waals surface area contributed by atoms with Crippen LogP contribution in [0.2, 0.25) is 0 Å². The van der Waals surface area contributed by atoms with E-state index in [0.29, 0.717) is 11.6 Å². The number of nitrogens with zero attached hydrogens (tertiary/aromatic N) is 3. The van der Waals surface area contributed by atoms with Crippen LogP contribution in [0.4, 0.5) is 5.69 Å². The van der Waals surface area contributed by atoms with Crippen LogP contribution in [-0.4, -0.2) is 28.0 Å². The number of para-hydroxylation sites is 1. The molecular formula is C19H18N4O2. The molecule has 6 nitrogen and oxygen atoms in total. The molecular weight excluding hydrogens is 316 g/mol. The Morgan fingerprint density at radius 1 is 1.12 bits per heavy atom. The van der Waals surface area contributed by atoms with Crippen molar-refractivity contribution < 1.29 is 9.53 Å². The molecule has 1 heterocycles. The van der Waals surface area contributed by atoms with Gasteiger partial charge in [0.15, 0.2) is 5.69 Å². The maximum atomic E-state index is 12.7. The Morgan fingerprint density at radius 3 is 2.48 bits per heavy atom. The van der Waals surface area contributed by atoms with E-state index in [1.54, 1.807) is 11.8 Å². The summed E-state index contributed by atoms with van der Waals surface area (Å²) < 4.78 is 6.96. The molecule has 1 aromatic heterocycles. The first-order valence-electron chi connectivity index (χ1n) is 8.22. The molecule has 126 valence electrons. The number of amides is 1. The zero-order valence-electron chi connectivity index (χ0n) is 13.8. The van der Waals surface area contributed by atoms with E-state index in [4.69, 9.17) is 4.74 Å². The van der Waals surface area contributed by atoms with Crippen molar-refractivity contribution in [3.63, 3.8) is 0 Å². The van der Waals surface area contributed by atoms with Crippen molar-refractivity contribution in [1.29, 1.82) is 0 Å². The Hall–Kier alpha value is -3.15. The van der Waals surface area contributed by atoms with Crippen LogP contribution in [0, 0.1) is 0 Å². The molecule has 2 aromatic carbocycles. The molecule has 6 heteroatoms. The first kappa shape index (κ1) is 15.4. The third kappa shape index (κ3) is 3.10. The molecule has 0 bridgehead atoms. The highest BCUT2D eigenvalue weighted by atomic mass is 16.5. The predicted octanol–water partition coefficient (Wildman–Crippen LogP) is 3.41. The Balaban J connectivity index is 1.67. The number of carbonyl (C=O) groups excluding carboxylic acids is 1. The minimum Gasteiger partial charge on any atom is -0.497 e. The summed E-state index contributed by atoms with van der Waals surface area (Å²) >= 11 is 0. The highest BCUT2D eigenvalue weighted by Gasteiger charge is 2.34. The number of hydrogen-bond acceptors (Lipinski definition) is 4. The summed E-state index contributed by atoms with van der Waals surface area (Å²) in [7, 11) is 1.63. The third-order valence-electron chi connectivity index (χ3n) is 4.23. The maximum Gasteiger partial charge on any atom is 0.278 e. The number of ether oxygens (including phenoxy) is 1. The Morgan fingerprint density at radius 2 is 1.84 bits per heavy atom. The molecule has 0 aliphatic heterocycles. The van der Waals surface area contributed by atoms with Crippen molar-refractivity contribution in [1.82, 2.24) is 15.0 Å². The summed E-state index contributed by atoms with van der Waals surface area (Å²) in [6.07, 6.45) is 2.10. The van der Waals surface area contributed by atoms with E-state index in [1.165, 1.54) is 0 Å². The zero-order chi connectivity index (χ0) is 17.2. The van der Waals surface area contributed by atoms with Crippen LogP contribution in [0.3, 0.4) is 0 Å². The molecule has 1 amide bonds. The first-order chi connectivity index (χ1) is 12.3. The van der Waals surface area contributed by atoms with Crippen LogP contribution in [0.5, 0.6) is 5.75 Å². The van der Waals surface area contributed by atoms with Gasteiger partial charge in [-0.2, -0.15) is 0 Å². The first-order valence-corrected chi connectivity index (χ1v) is 8.22. The third-order valence-corrected chi connectivity index (χ3v) is 4.23. The van der Waals surface area contributed by atoms with Gasteiger partial charge < -0.3 is 10.1 Å². The van der Waals surface area contributed by atoms with Gasteiger partial charge in [0.1, 0.15) is 5.75 Å². The highest BCUT2D eigenvalue weighted by molar-refractivity contribution is 6.03. The SMILES string of the molecule is COc1ccc(-n2nnc(C(=O)Nc3ccccc3)c2C2CC2)cc1. The summed E-state index contributed by atoms with van der Waals surface area (Å²) in [5, 5.41) is 11.3. The fourth-order valence-electron chi connectivity index (χ4n) is 2.80. The predicted molar refractivity (Wildman–Crippen MR) is 94.3 cm³/mol. The molecule has 0 atom stereocenters. The number of rotatable bonds is 5. The van der Waals surface area contributed by atoms with Gasteiger partial charge >= 0.3 is 0 Å². The average molecular weight is 334 g/mol. The van der Waals surface area contributed by atoms with Gasteiger partial charge in [-0.15, -0.1) is 5.10 Å². The summed E-state index contributed by atoms with van der Waals surface area (Å²) in [6.45, 7) is 0. The van der Waals surface area contributed by atoms with E-state index < -0.39 is 0 Å². The number of carbonyl (C=O) groups is 1. The number of anilines is 1. The second kappa shape index (κ2) is 6.39. The lowest BCUT2D eigenvalue weighted by Crippen LogP contribution is -2.15. The molecule has 3 aromatic rings. The molecule has 1 fully saturated rings. The van der Waals surface area contributed by atoms with Gasteiger partial charge in [-0.1, -0.05) is 23.4 Å². The number of aromatic nitrogens is 3. The van der Waals surface area contributed by atoms with E-state index in [9.17, 15) is 4.79 Å². The van der Waals surface area contributed by atoms with Crippen molar-refractivity contribution in [2.45, 2.75) is 18.8 Å². The topological polar surface area (TPSA) is 69.0 Å². The van der Waals surface area contributed by atoms with E-state index in [0.717, 1.165) is 35.7 Å². The van der Waals surface area contributed by atoms with Crippen molar-refractivity contribution in [3.8, 4) is 11.4 Å². The number of hydrogen-bond donors (Lipinski definition) is 1. The van der Waals surface area contributed by atoms with Crippen molar-refractivity contribution in [2.24, 2.45) is 0 Å². The van der Waals surface area contributed by atoms with Crippen molar-refractivity contribution >= 4 is 11.6 Å². The van der Waals surface area contributed by atoms with E-state index in [1.807, 2.05) is 54.6 Å². The molecule has 25 heavy (non-hydrogen) atoms. The van der Waals surface area contributed by atoms with E-state index in [-0.39, 0.29) is 5.91 Å². The summed E-state index contributed by atoms with van der Waals surface area (Å²) in [6, 6.07) is 16.9. The summed E-state index contributed by atoms with van der Waals surface area (Å²) in [5.74, 6) is 0.875. The normalized spacial score (nSPS) is 13.5. The summed E-state index contributed by atoms with van der Waals surface area (Å²) in [5.41, 5.74) is 2.88. The monoisotopic (exact) mass is 334 g/mol.